The number of rotatable bonds is 5. The number of aromatic hydroxyl groups is 1. The first-order valence-corrected chi connectivity index (χ1v) is 7.22. The van der Waals surface area contributed by atoms with Crippen molar-refractivity contribution in [2.45, 2.75) is 13.5 Å². The molecule has 24 heavy (non-hydrogen) atoms. The quantitative estimate of drug-likeness (QED) is 0.284. The molecule has 0 bridgehead atoms. The lowest BCUT2D eigenvalue weighted by atomic mass is 10.1. The highest BCUT2D eigenvalue weighted by molar-refractivity contribution is 7.71. The molecule has 1 aromatic carbocycles. The fourth-order valence-electron chi connectivity index (χ4n) is 2.07. The first-order chi connectivity index (χ1) is 11.4. The molecule has 0 fully saturated rings. The van der Waals surface area contributed by atoms with Crippen molar-refractivity contribution in [2.75, 3.05) is 0 Å². The summed E-state index contributed by atoms with van der Waals surface area (Å²) in [6.45, 7) is 5.32. The Hall–Kier alpha value is -3.07. The van der Waals surface area contributed by atoms with Crippen molar-refractivity contribution in [1.82, 2.24) is 9.55 Å². The second-order valence-corrected chi connectivity index (χ2v) is 5.22. The number of aromatic nitrogens is 2. The Kier molecular flexibility index (Phi) is 5.05. The molecule has 0 atom stereocenters. The topological polar surface area (TPSA) is 114 Å². The molecule has 8 nitrogen and oxygen atoms in total. The first kappa shape index (κ1) is 17.3. The lowest BCUT2D eigenvalue weighted by Crippen LogP contribution is -2.18. The van der Waals surface area contributed by atoms with Gasteiger partial charge >= 0.3 is 0 Å². The molecule has 0 unspecified atom stereocenters. The zero-order valence-corrected chi connectivity index (χ0v) is 13.5. The van der Waals surface area contributed by atoms with Gasteiger partial charge in [-0.15, -0.1) is 6.58 Å². The molecule has 2 N–H and O–H groups in total. The Morgan fingerprint density at radius 1 is 1.54 bits per heavy atom. The Labute approximate surface area is 141 Å². The molecule has 0 aliphatic carbocycles. The summed E-state index contributed by atoms with van der Waals surface area (Å²) in [7, 11) is 0. The Balaban J connectivity index is 2.55. The molecular weight excluding hydrogens is 332 g/mol. The van der Waals surface area contributed by atoms with Crippen LogP contribution in [0.4, 0.5) is 11.4 Å². The van der Waals surface area contributed by atoms with Gasteiger partial charge in [-0.3, -0.25) is 29.5 Å². The van der Waals surface area contributed by atoms with Crippen molar-refractivity contribution >= 4 is 29.8 Å². The lowest BCUT2D eigenvalue weighted by molar-refractivity contribution is -0.385. The number of nitrogens with zero attached hydrogens (tertiary/aromatic N) is 3. The summed E-state index contributed by atoms with van der Waals surface area (Å²) in [4.78, 5) is 28.9. The summed E-state index contributed by atoms with van der Waals surface area (Å²) in [5.41, 5.74) is -0.111. The van der Waals surface area contributed by atoms with Crippen LogP contribution in [0, 0.1) is 21.8 Å². The monoisotopic (exact) mass is 346 g/mol. The number of nitro benzene ring substituents is 1. The van der Waals surface area contributed by atoms with Crippen LogP contribution in [-0.2, 0) is 6.54 Å². The van der Waals surface area contributed by atoms with Gasteiger partial charge in [-0.1, -0.05) is 12.1 Å². The minimum absolute atomic E-state index is 0.0566. The van der Waals surface area contributed by atoms with Crippen LogP contribution in [-0.4, -0.2) is 25.8 Å². The lowest BCUT2D eigenvalue weighted by Gasteiger charge is -2.08. The van der Waals surface area contributed by atoms with Crippen molar-refractivity contribution in [2.24, 2.45) is 4.99 Å². The Bertz CT molecular complexity index is 959. The van der Waals surface area contributed by atoms with Crippen LogP contribution in [0.5, 0.6) is 5.88 Å². The van der Waals surface area contributed by atoms with Gasteiger partial charge in [0.25, 0.3) is 11.2 Å². The van der Waals surface area contributed by atoms with Crippen LogP contribution < -0.4 is 5.56 Å². The number of allylic oxidation sites excluding steroid dienone is 1. The summed E-state index contributed by atoms with van der Waals surface area (Å²) in [6.07, 6.45) is 2.66. The molecule has 0 amide bonds. The molecule has 2 rings (SSSR count). The predicted octanol–water partition coefficient (Wildman–Crippen LogP) is 2.76. The first-order valence-electron chi connectivity index (χ1n) is 6.82. The SMILES string of the molecule is C=CCn1c(O)c(C=Nc2cccc([N+](=O)[O-])c2C)c(=O)[nH]c1=S. The van der Waals surface area contributed by atoms with E-state index in [9.17, 15) is 20.0 Å². The normalized spacial score (nSPS) is 10.9. The van der Waals surface area contributed by atoms with Gasteiger partial charge in [0.15, 0.2) is 4.77 Å². The molecule has 9 heteroatoms. The van der Waals surface area contributed by atoms with E-state index < -0.39 is 10.5 Å². The molecule has 124 valence electrons. The number of nitro groups is 1. The van der Waals surface area contributed by atoms with Crippen molar-refractivity contribution in [3.05, 3.63) is 67.2 Å². The second-order valence-electron chi connectivity index (χ2n) is 4.83. The van der Waals surface area contributed by atoms with E-state index in [0.29, 0.717) is 11.3 Å². The standard InChI is InChI=1S/C15H14N4O4S/c1-3-7-18-14(21)10(13(20)17-15(18)24)8-16-11-5-4-6-12(9(11)2)19(22)23/h3-6,8,21H,1,7H2,2H3,(H,17,20,24). The predicted molar refractivity (Wildman–Crippen MR) is 92.8 cm³/mol. The van der Waals surface area contributed by atoms with Gasteiger partial charge in [0.05, 0.1) is 16.2 Å². The number of H-pyrrole nitrogens is 1. The van der Waals surface area contributed by atoms with Crippen LogP contribution in [0.3, 0.4) is 0 Å². The van der Waals surface area contributed by atoms with Gasteiger partial charge in [0, 0.05) is 18.8 Å². The number of benzene rings is 1. The third kappa shape index (κ3) is 3.30. The maximum absolute atomic E-state index is 12.0. The highest BCUT2D eigenvalue weighted by Crippen LogP contribution is 2.27. The maximum atomic E-state index is 12.0. The largest absolute Gasteiger partial charge is 0.494 e. The number of hydrogen-bond donors (Lipinski definition) is 2. The van der Waals surface area contributed by atoms with E-state index in [1.807, 2.05) is 0 Å². The summed E-state index contributed by atoms with van der Waals surface area (Å²) in [6, 6.07) is 4.43. The molecular formula is C15H14N4O4S. The third-order valence-electron chi connectivity index (χ3n) is 3.32. The van der Waals surface area contributed by atoms with Crippen molar-refractivity contribution in [3.8, 4) is 5.88 Å². The van der Waals surface area contributed by atoms with Crippen molar-refractivity contribution in [3.63, 3.8) is 0 Å². The van der Waals surface area contributed by atoms with Gasteiger partial charge in [-0.25, -0.2) is 0 Å². The third-order valence-corrected chi connectivity index (χ3v) is 3.65. The molecule has 0 saturated heterocycles. The highest BCUT2D eigenvalue weighted by Gasteiger charge is 2.14. The highest BCUT2D eigenvalue weighted by atomic mass is 32.1. The van der Waals surface area contributed by atoms with E-state index in [1.54, 1.807) is 13.0 Å². The van der Waals surface area contributed by atoms with Gasteiger partial charge in [-0.2, -0.15) is 0 Å². The van der Waals surface area contributed by atoms with Crippen molar-refractivity contribution < 1.29 is 10.0 Å². The van der Waals surface area contributed by atoms with E-state index >= 15 is 0 Å². The smallest absolute Gasteiger partial charge is 0.274 e. The van der Waals surface area contributed by atoms with Crippen molar-refractivity contribution in [1.29, 1.82) is 0 Å². The average molecular weight is 346 g/mol. The van der Waals surface area contributed by atoms with E-state index in [1.165, 1.54) is 22.8 Å². The Morgan fingerprint density at radius 2 is 2.25 bits per heavy atom. The van der Waals surface area contributed by atoms with E-state index in [0.717, 1.165) is 6.21 Å². The summed E-state index contributed by atoms with van der Waals surface area (Å²) in [5.74, 6) is -0.351. The average Bonchev–Trinajstić information content (AvgIpc) is 2.52. The number of hydrogen-bond acceptors (Lipinski definition) is 6. The van der Waals surface area contributed by atoms with E-state index in [4.69, 9.17) is 12.2 Å². The van der Waals surface area contributed by atoms with Crippen LogP contribution in [0.2, 0.25) is 0 Å². The minimum Gasteiger partial charge on any atom is -0.494 e. The van der Waals surface area contributed by atoms with Crippen LogP contribution in [0.25, 0.3) is 0 Å². The minimum atomic E-state index is -0.607. The molecule has 0 saturated carbocycles. The number of aliphatic imine (C=N–C) groups is 1. The zero-order chi connectivity index (χ0) is 17.9. The maximum Gasteiger partial charge on any atom is 0.274 e. The van der Waals surface area contributed by atoms with Gasteiger partial charge < -0.3 is 5.11 Å². The van der Waals surface area contributed by atoms with Crippen LogP contribution in [0.1, 0.15) is 11.1 Å². The molecule has 0 radical (unpaired) electrons. The summed E-state index contributed by atoms with van der Waals surface area (Å²) < 4.78 is 1.34. The Morgan fingerprint density at radius 3 is 2.88 bits per heavy atom. The molecule has 1 aromatic heterocycles. The van der Waals surface area contributed by atoms with Crippen LogP contribution in [0.15, 0.2) is 40.6 Å². The summed E-state index contributed by atoms with van der Waals surface area (Å²) >= 11 is 4.98. The number of nitrogens with one attached hydrogen (secondary N) is 1. The molecule has 1 heterocycles. The fraction of sp³-hybridized carbons (Fsp3) is 0.133. The second kappa shape index (κ2) is 7.01. The fourth-order valence-corrected chi connectivity index (χ4v) is 2.33. The van der Waals surface area contributed by atoms with E-state index in [-0.39, 0.29) is 28.4 Å². The molecule has 0 aliphatic rings. The number of aromatic amines is 1. The zero-order valence-electron chi connectivity index (χ0n) is 12.7. The molecule has 0 spiro atoms. The van der Waals surface area contributed by atoms with E-state index in [2.05, 4.69) is 16.6 Å². The summed E-state index contributed by atoms with van der Waals surface area (Å²) in [5, 5.41) is 21.1. The van der Waals surface area contributed by atoms with Gasteiger partial charge in [0.2, 0.25) is 5.88 Å². The molecule has 2 aromatic rings. The van der Waals surface area contributed by atoms with Gasteiger partial charge in [-0.05, 0) is 25.2 Å². The van der Waals surface area contributed by atoms with Crippen LogP contribution >= 0.6 is 12.2 Å². The molecule has 0 aliphatic heterocycles. The van der Waals surface area contributed by atoms with Gasteiger partial charge in [0.1, 0.15) is 5.56 Å².